The lowest BCUT2D eigenvalue weighted by atomic mass is 9.78. The first-order valence-corrected chi connectivity index (χ1v) is 23.5. The molecule has 2 nitrogen and oxygen atoms in total. The molecule has 1 heterocycles. The average Bonchev–Trinajstić information content (AvgIpc) is 3.65. The lowest BCUT2D eigenvalue weighted by Gasteiger charge is -2.32. The monoisotopic (exact) mass is 856 g/mol. The van der Waals surface area contributed by atoms with Crippen LogP contribution in [-0.4, -0.2) is 4.57 Å². The van der Waals surface area contributed by atoms with E-state index in [-0.39, 0.29) is 16.2 Å². The second-order valence-corrected chi connectivity index (χ2v) is 21.1. The molecule has 0 aliphatic rings. The number of para-hydroxylation sites is 3. The van der Waals surface area contributed by atoms with Crippen molar-refractivity contribution in [3.63, 3.8) is 0 Å². The minimum atomic E-state index is -0.0448. The fourth-order valence-electron chi connectivity index (χ4n) is 9.76. The van der Waals surface area contributed by atoms with E-state index in [1.807, 2.05) is 0 Å². The maximum Gasteiger partial charge on any atom is 0.0561 e. The highest BCUT2D eigenvalue weighted by atomic mass is 15.1. The second kappa shape index (κ2) is 16.4. The minimum Gasteiger partial charge on any atom is -0.309 e. The molecule has 10 aromatic rings. The number of anilines is 3. The third kappa shape index (κ3) is 7.79. The van der Waals surface area contributed by atoms with E-state index in [9.17, 15) is 0 Å². The van der Waals surface area contributed by atoms with Crippen LogP contribution in [-0.2, 0) is 16.2 Å². The molecule has 9 aromatic carbocycles. The van der Waals surface area contributed by atoms with E-state index in [1.54, 1.807) is 0 Å². The number of hydrogen-bond acceptors (Lipinski definition) is 1. The van der Waals surface area contributed by atoms with Gasteiger partial charge in [-0.05, 0) is 114 Å². The highest BCUT2D eigenvalue weighted by molar-refractivity contribution is 6.12. The van der Waals surface area contributed by atoms with Gasteiger partial charge in [-0.25, -0.2) is 0 Å². The maximum atomic E-state index is 2.52. The van der Waals surface area contributed by atoms with E-state index in [0.29, 0.717) is 0 Å². The van der Waals surface area contributed by atoms with Crippen LogP contribution in [0.2, 0.25) is 0 Å². The molecule has 0 unspecified atom stereocenters. The Morgan fingerprint density at radius 1 is 0.348 bits per heavy atom. The van der Waals surface area contributed by atoms with Gasteiger partial charge in [0.25, 0.3) is 0 Å². The molecule has 0 aliphatic carbocycles. The van der Waals surface area contributed by atoms with Gasteiger partial charge in [0.15, 0.2) is 0 Å². The molecule has 0 amide bonds. The molecule has 10 rings (SSSR count). The molecule has 0 fully saturated rings. The fraction of sp³-hybridized carbons (Fsp3) is 0.188. The molecular weight excluding hydrogens is 797 g/mol. The topological polar surface area (TPSA) is 8.17 Å². The maximum absolute atomic E-state index is 2.52. The van der Waals surface area contributed by atoms with Crippen molar-refractivity contribution in [2.75, 3.05) is 4.90 Å². The van der Waals surface area contributed by atoms with E-state index in [0.717, 1.165) is 28.3 Å². The van der Waals surface area contributed by atoms with Crippen LogP contribution in [0.3, 0.4) is 0 Å². The third-order valence-corrected chi connectivity index (χ3v) is 13.4. The molecule has 1 aromatic heterocycles. The van der Waals surface area contributed by atoms with Crippen molar-refractivity contribution in [2.24, 2.45) is 0 Å². The summed E-state index contributed by atoms with van der Waals surface area (Å²) >= 11 is 0. The van der Waals surface area contributed by atoms with Crippen molar-refractivity contribution in [1.82, 2.24) is 4.57 Å². The van der Waals surface area contributed by atoms with Gasteiger partial charge in [0.2, 0.25) is 0 Å². The minimum absolute atomic E-state index is 0.0111. The molecule has 0 saturated carbocycles. The van der Waals surface area contributed by atoms with Crippen LogP contribution in [0.25, 0.3) is 71.6 Å². The molecule has 326 valence electrons. The SMILES string of the molecule is CC(C)(C)c1cc(-c2cccc3cccc(-c4ccccc4N(c4ccc5c6ccccc6n(-c6ccccc6)c5c4)c4ccc(C(C)(C)C)cc4-c4ccccc4)c23)cc(C(C)(C)C)c1. The summed E-state index contributed by atoms with van der Waals surface area (Å²) in [4.78, 5) is 2.52. The molecule has 0 aliphatic heterocycles. The number of rotatable bonds is 7. The molecule has 0 N–H and O–H groups in total. The van der Waals surface area contributed by atoms with Crippen LogP contribution in [0.15, 0.2) is 200 Å². The Hall–Kier alpha value is -7.16. The summed E-state index contributed by atoms with van der Waals surface area (Å²) in [6, 6.07) is 74.7. The van der Waals surface area contributed by atoms with Gasteiger partial charge < -0.3 is 9.47 Å². The van der Waals surface area contributed by atoms with Gasteiger partial charge in [-0.15, -0.1) is 0 Å². The van der Waals surface area contributed by atoms with Crippen molar-refractivity contribution >= 4 is 49.6 Å². The third-order valence-electron chi connectivity index (χ3n) is 13.4. The number of aromatic nitrogens is 1. The van der Waals surface area contributed by atoms with Crippen LogP contribution in [0, 0.1) is 0 Å². The number of nitrogens with zero attached hydrogens (tertiary/aromatic N) is 2. The molecule has 0 atom stereocenters. The Morgan fingerprint density at radius 3 is 1.59 bits per heavy atom. The molecule has 0 bridgehead atoms. The fourth-order valence-corrected chi connectivity index (χ4v) is 9.76. The van der Waals surface area contributed by atoms with E-state index in [1.165, 1.54) is 77.1 Å². The summed E-state index contributed by atoms with van der Waals surface area (Å²) in [5, 5.41) is 4.94. The van der Waals surface area contributed by atoms with Crippen LogP contribution < -0.4 is 4.90 Å². The van der Waals surface area contributed by atoms with Crippen molar-refractivity contribution in [3.05, 3.63) is 217 Å². The number of benzene rings is 9. The van der Waals surface area contributed by atoms with Gasteiger partial charge >= 0.3 is 0 Å². The predicted octanol–water partition coefficient (Wildman–Crippen LogP) is 18.3. The van der Waals surface area contributed by atoms with E-state index in [2.05, 4.69) is 272 Å². The van der Waals surface area contributed by atoms with Gasteiger partial charge in [-0.2, -0.15) is 0 Å². The lowest BCUT2D eigenvalue weighted by molar-refractivity contribution is 0.569. The molecule has 66 heavy (non-hydrogen) atoms. The Kier molecular flexibility index (Phi) is 10.6. The van der Waals surface area contributed by atoms with E-state index >= 15 is 0 Å². The summed E-state index contributed by atoms with van der Waals surface area (Å²) in [6.07, 6.45) is 0. The summed E-state index contributed by atoms with van der Waals surface area (Å²) in [6.45, 7) is 20.9. The Balaban J connectivity index is 1.29. The predicted molar refractivity (Wildman–Crippen MR) is 285 cm³/mol. The Labute approximate surface area is 391 Å². The molecule has 0 spiro atoms. The summed E-state index contributed by atoms with van der Waals surface area (Å²) in [5.74, 6) is 0. The Morgan fingerprint density at radius 2 is 0.909 bits per heavy atom. The van der Waals surface area contributed by atoms with E-state index < -0.39 is 0 Å². The van der Waals surface area contributed by atoms with Gasteiger partial charge in [0, 0.05) is 33.3 Å². The van der Waals surface area contributed by atoms with Gasteiger partial charge in [-0.1, -0.05) is 214 Å². The summed E-state index contributed by atoms with van der Waals surface area (Å²) in [5.41, 5.74) is 18.0. The van der Waals surface area contributed by atoms with Crippen LogP contribution in [0.4, 0.5) is 17.1 Å². The zero-order valence-corrected chi connectivity index (χ0v) is 39.9. The van der Waals surface area contributed by atoms with Crippen LogP contribution in [0.1, 0.15) is 79.0 Å². The first-order chi connectivity index (χ1) is 31.6. The van der Waals surface area contributed by atoms with Crippen LogP contribution >= 0.6 is 0 Å². The zero-order chi connectivity index (χ0) is 46.0. The van der Waals surface area contributed by atoms with Crippen molar-refractivity contribution in [2.45, 2.75) is 78.6 Å². The molecule has 2 heteroatoms. The molecule has 0 saturated heterocycles. The Bertz CT molecular complexity index is 3370. The van der Waals surface area contributed by atoms with Gasteiger partial charge in [-0.3, -0.25) is 0 Å². The molecule has 0 radical (unpaired) electrons. The highest BCUT2D eigenvalue weighted by Gasteiger charge is 2.27. The highest BCUT2D eigenvalue weighted by Crippen LogP contribution is 2.49. The first-order valence-electron chi connectivity index (χ1n) is 23.5. The smallest absolute Gasteiger partial charge is 0.0561 e. The van der Waals surface area contributed by atoms with Gasteiger partial charge in [0.05, 0.1) is 22.4 Å². The number of fused-ring (bicyclic) bond motifs is 4. The van der Waals surface area contributed by atoms with Crippen molar-refractivity contribution < 1.29 is 0 Å². The molecular formula is C64H60N2. The average molecular weight is 857 g/mol. The summed E-state index contributed by atoms with van der Waals surface area (Å²) in [7, 11) is 0. The van der Waals surface area contributed by atoms with Crippen molar-refractivity contribution in [3.8, 4) is 39.1 Å². The van der Waals surface area contributed by atoms with E-state index in [4.69, 9.17) is 0 Å². The van der Waals surface area contributed by atoms with Crippen molar-refractivity contribution in [1.29, 1.82) is 0 Å². The zero-order valence-electron chi connectivity index (χ0n) is 39.9. The number of hydrogen-bond donors (Lipinski definition) is 0. The first kappa shape index (κ1) is 42.8. The largest absolute Gasteiger partial charge is 0.309 e. The standard InChI is InChI=1S/C64H60N2/c1-62(2,3)46-34-37-59(56(41-46)43-22-12-10-13-23-43)66(50-35-36-54-52-28-16-18-32-57(52)65(60(54)42-50)49-26-14-11-15-27-49)58-33-19-17-29-53(58)55-31-21-25-44-24-20-30-51(61(44)55)45-38-47(63(4,5)6)40-48(39-45)64(7,8)9/h10-42H,1-9H3. The normalized spacial score (nSPS) is 12.3. The summed E-state index contributed by atoms with van der Waals surface area (Å²) < 4.78 is 2.42. The second-order valence-electron chi connectivity index (χ2n) is 21.1. The van der Waals surface area contributed by atoms with Gasteiger partial charge in [0.1, 0.15) is 0 Å². The quantitative estimate of drug-likeness (QED) is 0.155. The lowest BCUT2D eigenvalue weighted by Crippen LogP contribution is -2.16. The van der Waals surface area contributed by atoms with Crippen LogP contribution in [0.5, 0.6) is 0 Å².